The monoisotopic (exact) mass is 230 g/mol. The standard InChI is InChI=1S/C8H9BF2N2O3/c1-12-13-8(14)7-5(10)2-4(9(15)16)3-6(7)11/h2-3,12,15-16H,1H3,(H,13,14). The van der Waals surface area contributed by atoms with E-state index in [1.54, 1.807) is 0 Å². The van der Waals surface area contributed by atoms with Crippen LogP contribution < -0.4 is 16.3 Å². The molecule has 0 aliphatic carbocycles. The molecule has 1 aromatic rings. The molecule has 0 aliphatic rings. The topological polar surface area (TPSA) is 81.6 Å². The molecule has 0 bridgehead atoms. The van der Waals surface area contributed by atoms with Crippen LogP contribution in [0.1, 0.15) is 10.4 Å². The smallest absolute Gasteiger partial charge is 0.423 e. The molecule has 0 heterocycles. The minimum Gasteiger partial charge on any atom is -0.423 e. The second-order valence-electron chi connectivity index (χ2n) is 2.94. The number of carbonyl (C=O) groups is 1. The first-order valence-corrected chi connectivity index (χ1v) is 4.29. The van der Waals surface area contributed by atoms with Gasteiger partial charge in [-0.15, -0.1) is 0 Å². The molecule has 5 nitrogen and oxygen atoms in total. The molecule has 0 atom stereocenters. The maximum Gasteiger partial charge on any atom is 0.488 e. The van der Waals surface area contributed by atoms with Gasteiger partial charge in [-0.05, 0) is 17.6 Å². The molecular formula is C8H9BF2N2O3. The van der Waals surface area contributed by atoms with E-state index < -0.39 is 30.2 Å². The highest BCUT2D eigenvalue weighted by Gasteiger charge is 2.21. The zero-order valence-corrected chi connectivity index (χ0v) is 8.29. The lowest BCUT2D eigenvalue weighted by molar-refractivity contribution is 0.0929. The van der Waals surface area contributed by atoms with E-state index in [9.17, 15) is 13.6 Å². The number of halogens is 2. The molecule has 0 fully saturated rings. The lowest BCUT2D eigenvalue weighted by atomic mass is 9.79. The fraction of sp³-hybridized carbons (Fsp3) is 0.125. The Hall–Kier alpha value is -1.51. The first-order chi connectivity index (χ1) is 7.47. The number of carbonyl (C=O) groups excluding carboxylic acids is 1. The summed E-state index contributed by atoms with van der Waals surface area (Å²) in [6, 6.07) is 1.36. The van der Waals surface area contributed by atoms with Crippen LogP contribution in [0, 0.1) is 11.6 Å². The Balaban J connectivity index is 3.17. The summed E-state index contributed by atoms with van der Waals surface area (Å²) in [5, 5.41) is 17.4. The van der Waals surface area contributed by atoms with Crippen LogP contribution in [0.3, 0.4) is 0 Å². The van der Waals surface area contributed by atoms with Crippen molar-refractivity contribution in [1.82, 2.24) is 10.9 Å². The average Bonchev–Trinajstić information content (AvgIpc) is 2.16. The van der Waals surface area contributed by atoms with E-state index in [0.717, 1.165) is 0 Å². The van der Waals surface area contributed by atoms with Crippen molar-refractivity contribution in [3.8, 4) is 0 Å². The molecule has 16 heavy (non-hydrogen) atoms. The molecular weight excluding hydrogens is 221 g/mol. The molecule has 86 valence electrons. The highest BCUT2D eigenvalue weighted by molar-refractivity contribution is 6.58. The lowest BCUT2D eigenvalue weighted by Crippen LogP contribution is -2.37. The van der Waals surface area contributed by atoms with Crippen LogP contribution in [0.25, 0.3) is 0 Å². The second kappa shape index (κ2) is 5.02. The quantitative estimate of drug-likeness (QED) is 0.376. The van der Waals surface area contributed by atoms with Gasteiger partial charge in [0.15, 0.2) is 0 Å². The number of nitrogens with one attached hydrogen (secondary N) is 2. The zero-order chi connectivity index (χ0) is 12.3. The maximum atomic E-state index is 13.3. The normalized spacial score (nSPS) is 10.1. The number of hydrazine groups is 1. The largest absolute Gasteiger partial charge is 0.488 e. The summed E-state index contributed by atoms with van der Waals surface area (Å²) < 4.78 is 26.6. The van der Waals surface area contributed by atoms with Crippen molar-refractivity contribution in [2.45, 2.75) is 0 Å². The molecule has 0 saturated carbocycles. The van der Waals surface area contributed by atoms with Gasteiger partial charge < -0.3 is 10.0 Å². The van der Waals surface area contributed by atoms with Crippen LogP contribution in [-0.2, 0) is 0 Å². The summed E-state index contributed by atoms with van der Waals surface area (Å²) in [5.41, 5.74) is 3.07. The van der Waals surface area contributed by atoms with Gasteiger partial charge in [-0.1, -0.05) is 0 Å². The Morgan fingerprint density at radius 3 is 2.19 bits per heavy atom. The van der Waals surface area contributed by atoms with Crippen LogP contribution in [0.15, 0.2) is 12.1 Å². The number of amides is 1. The molecule has 0 aromatic heterocycles. The first kappa shape index (κ1) is 12.6. The molecule has 1 rings (SSSR count). The molecule has 4 N–H and O–H groups in total. The van der Waals surface area contributed by atoms with Crippen molar-refractivity contribution in [2.75, 3.05) is 7.05 Å². The second-order valence-corrected chi connectivity index (χ2v) is 2.94. The van der Waals surface area contributed by atoms with Crippen molar-refractivity contribution in [3.05, 3.63) is 29.3 Å². The summed E-state index contributed by atoms with van der Waals surface area (Å²) in [5.74, 6) is -3.33. The Bertz CT molecular complexity index is 391. The van der Waals surface area contributed by atoms with Crippen LogP contribution >= 0.6 is 0 Å². The fourth-order valence-electron chi connectivity index (χ4n) is 1.13. The van der Waals surface area contributed by atoms with Crippen LogP contribution in [0.2, 0.25) is 0 Å². The summed E-state index contributed by atoms with van der Waals surface area (Å²) >= 11 is 0. The molecule has 0 spiro atoms. The van der Waals surface area contributed by atoms with Gasteiger partial charge in [-0.3, -0.25) is 10.2 Å². The van der Waals surface area contributed by atoms with Crippen LogP contribution in [0.4, 0.5) is 8.78 Å². The third-order valence-corrected chi connectivity index (χ3v) is 1.83. The van der Waals surface area contributed by atoms with Crippen molar-refractivity contribution in [3.63, 3.8) is 0 Å². The SMILES string of the molecule is CNNC(=O)c1c(F)cc(B(O)O)cc1F. The molecule has 1 aromatic carbocycles. The molecule has 0 radical (unpaired) electrons. The van der Waals surface area contributed by atoms with Crippen molar-refractivity contribution in [1.29, 1.82) is 0 Å². The van der Waals surface area contributed by atoms with Gasteiger partial charge in [0.25, 0.3) is 5.91 Å². The number of benzene rings is 1. The average molecular weight is 230 g/mol. The van der Waals surface area contributed by atoms with E-state index in [-0.39, 0.29) is 5.46 Å². The van der Waals surface area contributed by atoms with Crippen molar-refractivity contribution >= 4 is 18.5 Å². The van der Waals surface area contributed by atoms with Crippen molar-refractivity contribution < 1.29 is 23.6 Å². The first-order valence-electron chi connectivity index (χ1n) is 4.29. The summed E-state index contributed by atoms with van der Waals surface area (Å²) in [4.78, 5) is 11.2. The third-order valence-electron chi connectivity index (χ3n) is 1.83. The summed E-state index contributed by atoms with van der Waals surface area (Å²) in [6.45, 7) is 0. The van der Waals surface area contributed by atoms with Gasteiger partial charge in [0.05, 0.1) is 0 Å². The maximum absolute atomic E-state index is 13.3. The van der Waals surface area contributed by atoms with E-state index in [1.165, 1.54) is 7.05 Å². The fourth-order valence-corrected chi connectivity index (χ4v) is 1.13. The predicted molar refractivity (Wildman–Crippen MR) is 52.7 cm³/mol. The third kappa shape index (κ3) is 2.54. The van der Waals surface area contributed by atoms with Gasteiger partial charge in [-0.2, -0.15) is 0 Å². The molecule has 0 aliphatic heterocycles. The Kier molecular flexibility index (Phi) is 3.94. The van der Waals surface area contributed by atoms with Crippen LogP contribution in [0.5, 0.6) is 0 Å². The molecule has 1 amide bonds. The van der Waals surface area contributed by atoms with E-state index >= 15 is 0 Å². The summed E-state index contributed by atoms with van der Waals surface area (Å²) in [7, 11) is -0.634. The molecule has 0 saturated heterocycles. The van der Waals surface area contributed by atoms with Gasteiger partial charge >= 0.3 is 7.12 Å². The predicted octanol–water partition coefficient (Wildman–Crippen LogP) is -1.49. The van der Waals surface area contributed by atoms with Gasteiger partial charge in [-0.25, -0.2) is 14.2 Å². The number of rotatable bonds is 3. The van der Waals surface area contributed by atoms with E-state index in [4.69, 9.17) is 10.0 Å². The highest BCUT2D eigenvalue weighted by atomic mass is 19.1. The molecule has 0 unspecified atom stereocenters. The zero-order valence-electron chi connectivity index (χ0n) is 8.29. The number of hydrogen-bond donors (Lipinski definition) is 4. The Morgan fingerprint density at radius 1 is 1.31 bits per heavy atom. The van der Waals surface area contributed by atoms with E-state index in [0.29, 0.717) is 12.1 Å². The van der Waals surface area contributed by atoms with Gasteiger partial charge in [0.2, 0.25) is 0 Å². The van der Waals surface area contributed by atoms with E-state index in [1.807, 2.05) is 5.43 Å². The molecule has 8 heteroatoms. The van der Waals surface area contributed by atoms with Crippen LogP contribution in [-0.4, -0.2) is 30.1 Å². The summed E-state index contributed by atoms with van der Waals surface area (Å²) in [6.07, 6.45) is 0. The lowest BCUT2D eigenvalue weighted by Gasteiger charge is -2.07. The highest BCUT2D eigenvalue weighted by Crippen LogP contribution is 2.10. The van der Waals surface area contributed by atoms with Crippen molar-refractivity contribution in [2.24, 2.45) is 0 Å². The Labute approximate surface area is 90.2 Å². The Morgan fingerprint density at radius 2 is 1.81 bits per heavy atom. The number of hydrogen-bond acceptors (Lipinski definition) is 4. The minimum absolute atomic E-state index is 0.365. The van der Waals surface area contributed by atoms with Gasteiger partial charge in [0.1, 0.15) is 17.2 Å². The van der Waals surface area contributed by atoms with E-state index in [2.05, 4.69) is 5.43 Å². The minimum atomic E-state index is -1.99. The van der Waals surface area contributed by atoms with Gasteiger partial charge in [0, 0.05) is 7.05 Å².